The summed E-state index contributed by atoms with van der Waals surface area (Å²) in [5, 5.41) is 11.2. The average molecular weight is 252 g/mol. The van der Waals surface area contributed by atoms with E-state index in [2.05, 4.69) is 0 Å². The van der Waals surface area contributed by atoms with Gasteiger partial charge < -0.3 is 24.3 Å². The minimum Gasteiger partial charge on any atom is -0.550 e. The summed E-state index contributed by atoms with van der Waals surface area (Å²) in [4.78, 5) is 25.0. The van der Waals surface area contributed by atoms with Gasteiger partial charge in [0.05, 0.1) is 25.2 Å². The standard InChI is InChI=1S/C12H15NO5/c1-17-5-4-13-6-12-3-2-7(18-12)8(11(15)16)9(12)10(13)14/h2-3,7-9H,4-6H2,1H3,(H,15,16)/p-1/t7-,8-,9+,12-/m0/s1. The number of carboxylic acids is 1. The summed E-state index contributed by atoms with van der Waals surface area (Å²) in [7, 11) is 1.56. The van der Waals surface area contributed by atoms with Gasteiger partial charge in [-0.15, -0.1) is 0 Å². The second-order valence-electron chi connectivity index (χ2n) is 4.97. The SMILES string of the molecule is COCCN1C[C@]23C=C[C@H](O2)[C@H](C(=O)[O-])[C@@H]3C1=O. The van der Waals surface area contributed by atoms with Crippen molar-refractivity contribution in [3.8, 4) is 0 Å². The molecule has 4 atom stereocenters. The van der Waals surface area contributed by atoms with Crippen LogP contribution in [0.25, 0.3) is 0 Å². The number of likely N-dealkylation sites (tertiary alicyclic amines) is 1. The Hall–Kier alpha value is -1.40. The number of carbonyl (C=O) groups excluding carboxylic acids is 2. The Kier molecular flexibility index (Phi) is 2.46. The molecule has 0 N–H and O–H groups in total. The van der Waals surface area contributed by atoms with Crippen molar-refractivity contribution in [1.29, 1.82) is 0 Å². The van der Waals surface area contributed by atoms with Crippen molar-refractivity contribution in [3.05, 3.63) is 12.2 Å². The molecular formula is C12H14NO5-. The van der Waals surface area contributed by atoms with Gasteiger partial charge in [0.2, 0.25) is 5.91 Å². The lowest BCUT2D eigenvalue weighted by molar-refractivity contribution is -0.313. The normalized spacial score (nSPS) is 40.6. The Labute approximate surface area is 104 Å². The van der Waals surface area contributed by atoms with Crippen LogP contribution in [-0.4, -0.2) is 55.3 Å². The third kappa shape index (κ3) is 1.36. The molecule has 98 valence electrons. The Morgan fingerprint density at radius 2 is 2.50 bits per heavy atom. The number of hydrogen-bond donors (Lipinski definition) is 0. The molecule has 0 aromatic carbocycles. The minimum atomic E-state index is -1.21. The number of carboxylic acid groups (broad SMARTS) is 1. The van der Waals surface area contributed by atoms with Gasteiger partial charge in [-0.3, -0.25) is 4.79 Å². The maximum atomic E-state index is 12.3. The van der Waals surface area contributed by atoms with Crippen molar-refractivity contribution >= 4 is 11.9 Å². The van der Waals surface area contributed by atoms with Crippen LogP contribution < -0.4 is 5.11 Å². The van der Waals surface area contributed by atoms with E-state index in [0.717, 1.165) is 0 Å². The molecule has 0 aromatic rings. The fraction of sp³-hybridized carbons (Fsp3) is 0.667. The summed E-state index contributed by atoms with van der Waals surface area (Å²) in [5.41, 5.74) is -0.764. The van der Waals surface area contributed by atoms with Gasteiger partial charge in [0.15, 0.2) is 0 Å². The first-order valence-electron chi connectivity index (χ1n) is 5.95. The fourth-order valence-corrected chi connectivity index (χ4v) is 3.24. The first-order chi connectivity index (χ1) is 8.59. The van der Waals surface area contributed by atoms with Crippen LogP contribution in [0.1, 0.15) is 0 Å². The highest BCUT2D eigenvalue weighted by atomic mass is 16.5. The number of ether oxygens (including phenoxy) is 2. The highest BCUT2D eigenvalue weighted by Crippen LogP contribution is 2.51. The van der Waals surface area contributed by atoms with Gasteiger partial charge in [-0.1, -0.05) is 12.2 Å². The van der Waals surface area contributed by atoms with Gasteiger partial charge in [0.25, 0.3) is 0 Å². The zero-order chi connectivity index (χ0) is 12.9. The van der Waals surface area contributed by atoms with Gasteiger partial charge in [-0.25, -0.2) is 0 Å². The summed E-state index contributed by atoms with van der Waals surface area (Å²) in [6.45, 7) is 1.28. The highest BCUT2D eigenvalue weighted by molar-refractivity contribution is 5.90. The monoisotopic (exact) mass is 252 g/mol. The van der Waals surface area contributed by atoms with E-state index < -0.39 is 29.5 Å². The van der Waals surface area contributed by atoms with E-state index >= 15 is 0 Å². The number of rotatable bonds is 4. The maximum absolute atomic E-state index is 12.3. The van der Waals surface area contributed by atoms with Crippen molar-refractivity contribution in [2.75, 3.05) is 26.8 Å². The Bertz CT molecular complexity index is 434. The van der Waals surface area contributed by atoms with Crippen LogP contribution in [0, 0.1) is 11.8 Å². The van der Waals surface area contributed by atoms with Crippen molar-refractivity contribution in [1.82, 2.24) is 4.90 Å². The first-order valence-corrected chi connectivity index (χ1v) is 5.95. The molecule has 3 heterocycles. The average Bonchev–Trinajstić information content (AvgIpc) is 2.95. The summed E-state index contributed by atoms with van der Waals surface area (Å²) in [6.07, 6.45) is 3.03. The Balaban J connectivity index is 1.87. The van der Waals surface area contributed by atoms with Crippen molar-refractivity contribution in [2.24, 2.45) is 11.8 Å². The Morgan fingerprint density at radius 1 is 1.72 bits per heavy atom. The zero-order valence-corrected chi connectivity index (χ0v) is 10.00. The molecule has 0 saturated carbocycles. The number of nitrogens with zero attached hydrogens (tertiary/aromatic N) is 1. The number of carbonyl (C=O) groups is 2. The predicted octanol–water partition coefficient (Wildman–Crippen LogP) is -1.84. The van der Waals surface area contributed by atoms with Crippen LogP contribution >= 0.6 is 0 Å². The van der Waals surface area contributed by atoms with E-state index in [1.165, 1.54) is 0 Å². The second-order valence-corrected chi connectivity index (χ2v) is 4.97. The quantitative estimate of drug-likeness (QED) is 0.550. The number of fused-ring (bicyclic) bond motifs is 1. The first kappa shape index (κ1) is 11.7. The smallest absolute Gasteiger partial charge is 0.229 e. The lowest BCUT2D eigenvalue weighted by atomic mass is 9.77. The van der Waals surface area contributed by atoms with E-state index in [-0.39, 0.29) is 5.91 Å². The molecule has 1 spiro atoms. The van der Waals surface area contributed by atoms with Crippen LogP contribution in [0.2, 0.25) is 0 Å². The third-order valence-electron chi connectivity index (χ3n) is 4.02. The molecule has 6 heteroatoms. The topological polar surface area (TPSA) is 78.9 Å². The van der Waals surface area contributed by atoms with Crippen LogP contribution in [0.3, 0.4) is 0 Å². The number of amides is 1. The molecule has 0 aromatic heterocycles. The number of aliphatic carboxylic acids is 1. The highest BCUT2D eigenvalue weighted by Gasteiger charge is 2.65. The summed E-state index contributed by atoms with van der Waals surface area (Å²) in [6, 6.07) is 0. The van der Waals surface area contributed by atoms with Gasteiger partial charge in [0, 0.05) is 25.5 Å². The van der Waals surface area contributed by atoms with Crippen molar-refractivity contribution < 1.29 is 24.2 Å². The van der Waals surface area contributed by atoms with Crippen molar-refractivity contribution in [3.63, 3.8) is 0 Å². The van der Waals surface area contributed by atoms with Crippen LogP contribution in [0.15, 0.2) is 12.2 Å². The van der Waals surface area contributed by atoms with E-state index in [1.54, 1.807) is 18.1 Å². The maximum Gasteiger partial charge on any atom is 0.229 e. The van der Waals surface area contributed by atoms with Crippen molar-refractivity contribution in [2.45, 2.75) is 11.7 Å². The molecule has 3 aliphatic rings. The van der Waals surface area contributed by atoms with Gasteiger partial charge in [0.1, 0.15) is 5.60 Å². The Morgan fingerprint density at radius 3 is 3.17 bits per heavy atom. The third-order valence-corrected chi connectivity index (χ3v) is 4.02. The molecule has 0 radical (unpaired) electrons. The molecule has 0 unspecified atom stereocenters. The molecule has 2 saturated heterocycles. The number of hydrogen-bond acceptors (Lipinski definition) is 5. The molecular weight excluding hydrogens is 238 g/mol. The molecule has 3 rings (SSSR count). The molecule has 0 aliphatic carbocycles. The van der Waals surface area contributed by atoms with Crippen LogP contribution in [0.5, 0.6) is 0 Å². The zero-order valence-electron chi connectivity index (χ0n) is 10.00. The molecule has 6 nitrogen and oxygen atoms in total. The second kappa shape index (κ2) is 3.80. The molecule has 3 aliphatic heterocycles. The lowest BCUT2D eigenvalue weighted by Gasteiger charge is -2.24. The predicted molar refractivity (Wildman–Crippen MR) is 57.2 cm³/mol. The van der Waals surface area contributed by atoms with Crippen LogP contribution in [0.4, 0.5) is 0 Å². The largest absolute Gasteiger partial charge is 0.550 e. The van der Waals surface area contributed by atoms with Gasteiger partial charge >= 0.3 is 0 Å². The fourth-order valence-electron chi connectivity index (χ4n) is 3.24. The molecule has 2 fully saturated rings. The summed E-state index contributed by atoms with van der Waals surface area (Å²) >= 11 is 0. The van der Waals surface area contributed by atoms with E-state index in [1.807, 2.05) is 6.08 Å². The minimum absolute atomic E-state index is 0.173. The summed E-state index contributed by atoms with van der Waals surface area (Å²) < 4.78 is 10.6. The lowest BCUT2D eigenvalue weighted by Crippen LogP contribution is -2.45. The van der Waals surface area contributed by atoms with Gasteiger partial charge in [-0.2, -0.15) is 0 Å². The summed E-state index contributed by atoms with van der Waals surface area (Å²) in [5.74, 6) is -2.89. The molecule has 18 heavy (non-hydrogen) atoms. The van der Waals surface area contributed by atoms with E-state index in [9.17, 15) is 14.7 Å². The molecule has 1 amide bonds. The number of methoxy groups -OCH3 is 1. The van der Waals surface area contributed by atoms with Gasteiger partial charge in [-0.05, 0) is 0 Å². The van der Waals surface area contributed by atoms with Crippen LogP contribution in [-0.2, 0) is 19.1 Å². The van der Waals surface area contributed by atoms with E-state index in [0.29, 0.717) is 19.7 Å². The molecule has 2 bridgehead atoms. The van der Waals surface area contributed by atoms with E-state index in [4.69, 9.17) is 9.47 Å².